The average Bonchev–Trinajstić information content (AvgIpc) is 2.13. The summed E-state index contributed by atoms with van der Waals surface area (Å²) in [6, 6.07) is 11.9. The molecular weight excluding hydrogens is 184 g/mol. The lowest BCUT2D eigenvalue weighted by Gasteiger charge is -2.11. The fourth-order valence-corrected chi connectivity index (χ4v) is 2.14. The van der Waals surface area contributed by atoms with Crippen molar-refractivity contribution in [3.05, 3.63) is 48.0 Å². The van der Waals surface area contributed by atoms with Crippen LogP contribution in [0.15, 0.2) is 42.5 Å². The minimum atomic E-state index is -0.882. The zero-order chi connectivity index (χ0) is 10.4. The molecule has 0 aliphatic rings. The monoisotopic (exact) mass is 204 g/mol. The highest BCUT2D eigenvalue weighted by Gasteiger charge is 2.08. The van der Waals surface area contributed by atoms with Crippen LogP contribution >= 0.6 is 0 Å². The van der Waals surface area contributed by atoms with Gasteiger partial charge in [0.25, 0.3) is 0 Å². The predicted octanol–water partition coefficient (Wildman–Crippen LogP) is 4.12. The van der Waals surface area contributed by atoms with Gasteiger partial charge in [-0.05, 0) is 18.0 Å². The fourth-order valence-electron chi connectivity index (χ4n) is 1.27. The maximum absolute atomic E-state index is 2.40. The van der Waals surface area contributed by atoms with Gasteiger partial charge in [0.2, 0.25) is 0 Å². The van der Waals surface area contributed by atoms with Crippen molar-refractivity contribution >= 4 is 8.07 Å². The number of rotatable bonds is 4. The van der Waals surface area contributed by atoms with E-state index in [-0.39, 0.29) is 0 Å². The molecule has 0 nitrogen and oxygen atoms in total. The second kappa shape index (κ2) is 5.16. The van der Waals surface area contributed by atoms with Gasteiger partial charge < -0.3 is 0 Å². The molecule has 1 rings (SSSR count). The van der Waals surface area contributed by atoms with Gasteiger partial charge in [0.1, 0.15) is 0 Å². The van der Waals surface area contributed by atoms with E-state index < -0.39 is 8.07 Å². The largest absolute Gasteiger partial charge is 0.0909 e. The Morgan fingerprint density at radius 2 is 1.64 bits per heavy atom. The lowest BCUT2D eigenvalue weighted by molar-refractivity contribution is 1.26. The molecule has 14 heavy (non-hydrogen) atoms. The molecule has 1 aromatic carbocycles. The summed E-state index contributed by atoms with van der Waals surface area (Å²) < 4.78 is 0. The van der Waals surface area contributed by atoms with Gasteiger partial charge in [0.15, 0.2) is 0 Å². The first-order valence-electron chi connectivity index (χ1n) is 5.27. The van der Waals surface area contributed by atoms with Crippen LogP contribution in [0.5, 0.6) is 0 Å². The van der Waals surface area contributed by atoms with E-state index >= 15 is 0 Å². The summed E-state index contributed by atoms with van der Waals surface area (Å²) in [6.07, 6.45) is 5.72. The van der Waals surface area contributed by atoms with Crippen molar-refractivity contribution < 1.29 is 0 Å². The number of allylic oxidation sites excluding steroid dienone is 2. The van der Waals surface area contributed by atoms with Crippen LogP contribution in [-0.2, 0) is 6.42 Å². The van der Waals surface area contributed by atoms with Crippen molar-refractivity contribution in [1.82, 2.24) is 0 Å². The van der Waals surface area contributed by atoms with E-state index in [0.717, 1.165) is 6.42 Å². The van der Waals surface area contributed by atoms with Crippen LogP contribution in [0.4, 0.5) is 0 Å². The van der Waals surface area contributed by atoms with Crippen molar-refractivity contribution in [1.29, 1.82) is 0 Å². The molecule has 0 aliphatic carbocycles. The first-order valence-corrected chi connectivity index (χ1v) is 8.97. The maximum atomic E-state index is 2.40. The van der Waals surface area contributed by atoms with Crippen molar-refractivity contribution in [2.45, 2.75) is 32.1 Å². The summed E-state index contributed by atoms with van der Waals surface area (Å²) in [5.74, 6) is 0. The number of benzene rings is 1. The van der Waals surface area contributed by atoms with Crippen molar-refractivity contribution in [3.63, 3.8) is 0 Å². The Bertz CT molecular complexity index is 280. The third kappa shape index (κ3) is 5.03. The van der Waals surface area contributed by atoms with Crippen LogP contribution in [0.3, 0.4) is 0 Å². The quantitative estimate of drug-likeness (QED) is 0.511. The minimum Gasteiger partial charge on any atom is -0.0909 e. The number of hydrogen-bond acceptors (Lipinski definition) is 0. The van der Waals surface area contributed by atoms with Crippen molar-refractivity contribution in [2.75, 3.05) is 0 Å². The second-order valence-electron chi connectivity index (χ2n) is 4.93. The van der Waals surface area contributed by atoms with E-state index in [0.29, 0.717) is 0 Å². The van der Waals surface area contributed by atoms with Gasteiger partial charge in [0, 0.05) is 8.07 Å². The molecule has 0 spiro atoms. The van der Waals surface area contributed by atoms with Crippen LogP contribution in [-0.4, -0.2) is 8.07 Å². The van der Waals surface area contributed by atoms with E-state index in [2.05, 4.69) is 62.1 Å². The van der Waals surface area contributed by atoms with E-state index in [1.807, 2.05) is 0 Å². The van der Waals surface area contributed by atoms with Crippen LogP contribution < -0.4 is 0 Å². The molecule has 0 amide bonds. The molecule has 0 aliphatic heterocycles. The first kappa shape index (κ1) is 11.3. The molecule has 0 saturated carbocycles. The first-order chi connectivity index (χ1) is 6.58. The summed E-state index contributed by atoms with van der Waals surface area (Å²) >= 11 is 0. The third-order valence-corrected chi connectivity index (χ3v) is 3.55. The van der Waals surface area contributed by atoms with Crippen LogP contribution in [0, 0.1) is 0 Å². The van der Waals surface area contributed by atoms with Gasteiger partial charge in [-0.25, -0.2) is 0 Å². The van der Waals surface area contributed by atoms with Gasteiger partial charge in [-0.3, -0.25) is 0 Å². The highest BCUT2D eigenvalue weighted by atomic mass is 28.3. The molecule has 0 heterocycles. The molecule has 0 bridgehead atoms. The Kier molecular flexibility index (Phi) is 4.14. The maximum Gasteiger partial charge on any atom is 0.0480 e. The molecule has 0 unspecified atom stereocenters. The normalized spacial score (nSPS) is 12.2. The summed E-state index contributed by atoms with van der Waals surface area (Å²) in [5.41, 5.74) is 1.40. The van der Waals surface area contributed by atoms with E-state index in [1.165, 1.54) is 11.6 Å². The standard InChI is InChI=1S/C13H20Si/c1-14(2,3)12-8-7-11-13-9-5-4-6-10-13/h4-10H,11-12H2,1-3H3/b8-7+. The molecule has 0 N–H and O–H groups in total. The highest BCUT2D eigenvalue weighted by Crippen LogP contribution is 2.09. The van der Waals surface area contributed by atoms with E-state index in [1.54, 1.807) is 0 Å². The Morgan fingerprint density at radius 1 is 1.00 bits per heavy atom. The van der Waals surface area contributed by atoms with Crippen LogP contribution in [0.2, 0.25) is 25.7 Å². The van der Waals surface area contributed by atoms with Crippen LogP contribution in [0.1, 0.15) is 5.56 Å². The summed E-state index contributed by atoms with van der Waals surface area (Å²) in [6.45, 7) is 7.21. The lowest BCUT2D eigenvalue weighted by Crippen LogP contribution is -2.17. The molecule has 0 saturated heterocycles. The van der Waals surface area contributed by atoms with Crippen molar-refractivity contribution in [3.8, 4) is 0 Å². The molecule has 0 fully saturated rings. The lowest BCUT2D eigenvalue weighted by atomic mass is 10.1. The molecule has 76 valence electrons. The predicted molar refractivity (Wildman–Crippen MR) is 67.4 cm³/mol. The zero-order valence-corrected chi connectivity index (χ0v) is 10.5. The Balaban J connectivity index is 2.35. The molecule has 0 aromatic heterocycles. The van der Waals surface area contributed by atoms with Crippen molar-refractivity contribution in [2.24, 2.45) is 0 Å². The second-order valence-corrected chi connectivity index (χ2v) is 10.5. The third-order valence-electron chi connectivity index (χ3n) is 2.09. The minimum absolute atomic E-state index is 0.882. The number of hydrogen-bond donors (Lipinski definition) is 0. The summed E-state index contributed by atoms with van der Waals surface area (Å²) in [5, 5.41) is 0. The Morgan fingerprint density at radius 3 is 2.21 bits per heavy atom. The average molecular weight is 204 g/mol. The molecule has 0 atom stereocenters. The highest BCUT2D eigenvalue weighted by molar-refractivity contribution is 6.76. The topological polar surface area (TPSA) is 0 Å². The van der Waals surface area contributed by atoms with Gasteiger partial charge >= 0.3 is 0 Å². The summed E-state index contributed by atoms with van der Waals surface area (Å²) in [7, 11) is -0.882. The van der Waals surface area contributed by atoms with Gasteiger partial charge in [-0.15, -0.1) is 0 Å². The molecule has 0 radical (unpaired) electrons. The zero-order valence-electron chi connectivity index (χ0n) is 9.46. The Hall–Kier alpha value is -0.823. The molecular formula is C13H20Si. The SMILES string of the molecule is C[Si](C)(C)C/C=C/Cc1ccccc1. The van der Waals surface area contributed by atoms with E-state index in [4.69, 9.17) is 0 Å². The van der Waals surface area contributed by atoms with Crippen LogP contribution in [0.25, 0.3) is 0 Å². The summed E-state index contributed by atoms with van der Waals surface area (Å²) in [4.78, 5) is 0. The van der Waals surface area contributed by atoms with Gasteiger partial charge in [-0.1, -0.05) is 62.1 Å². The van der Waals surface area contributed by atoms with E-state index in [9.17, 15) is 0 Å². The van der Waals surface area contributed by atoms with Gasteiger partial charge in [0.05, 0.1) is 0 Å². The fraction of sp³-hybridized carbons (Fsp3) is 0.385. The smallest absolute Gasteiger partial charge is 0.0480 e. The Labute approximate surface area is 88.7 Å². The molecule has 1 heteroatoms. The van der Waals surface area contributed by atoms with Gasteiger partial charge in [-0.2, -0.15) is 0 Å². The molecule has 1 aromatic rings.